The monoisotopic (exact) mass is 198 g/mol. The fraction of sp³-hybridized carbons (Fsp3) is 0. The molecule has 3 N–H and O–H groups in total. The number of amidine groups is 1. The number of hydrogen-bond acceptors (Lipinski definition) is 5. The van der Waals surface area contributed by atoms with E-state index in [1.807, 2.05) is 0 Å². The lowest BCUT2D eigenvalue weighted by Crippen LogP contribution is -2.61. The van der Waals surface area contributed by atoms with E-state index >= 15 is 0 Å². The standard InChI is InChI=1S/C5H5BN3O3S/c10-6-4-3(1-2-13-4)5(7-8-6)9(11)12/h1-2,7-8,10H/q-1. The van der Waals surface area contributed by atoms with Gasteiger partial charge in [0.2, 0.25) is 0 Å². The van der Waals surface area contributed by atoms with Crippen molar-refractivity contribution in [3.8, 4) is 0 Å². The van der Waals surface area contributed by atoms with E-state index in [0.717, 1.165) is 0 Å². The van der Waals surface area contributed by atoms with Crippen LogP contribution >= 0.6 is 11.3 Å². The first-order chi connectivity index (χ1) is 6.20. The van der Waals surface area contributed by atoms with Gasteiger partial charge in [0.05, 0.1) is 5.56 Å². The minimum Gasteiger partial charge on any atom is -0.712 e. The highest BCUT2D eigenvalue weighted by molar-refractivity contribution is 7.21. The molecule has 13 heavy (non-hydrogen) atoms. The molecule has 0 amide bonds. The first-order valence-electron chi connectivity index (χ1n) is 3.49. The van der Waals surface area contributed by atoms with Gasteiger partial charge >= 0.3 is 12.9 Å². The average Bonchev–Trinajstić information content (AvgIpc) is 2.53. The Morgan fingerprint density at radius 3 is 3.00 bits per heavy atom. The smallest absolute Gasteiger partial charge is 0.461 e. The van der Waals surface area contributed by atoms with Crippen molar-refractivity contribution in [3.63, 3.8) is 0 Å². The fourth-order valence-electron chi connectivity index (χ4n) is 1.14. The normalized spacial score (nSPS) is 15.2. The largest absolute Gasteiger partial charge is 0.712 e. The minimum absolute atomic E-state index is 0.124. The lowest BCUT2D eigenvalue weighted by atomic mass is 9.79. The Hall–Kier alpha value is -1.25. The van der Waals surface area contributed by atoms with E-state index in [-0.39, 0.29) is 5.84 Å². The molecule has 8 heteroatoms. The fourth-order valence-corrected chi connectivity index (χ4v) is 1.97. The molecular weight excluding hydrogens is 193 g/mol. The van der Waals surface area contributed by atoms with Gasteiger partial charge in [-0.05, 0) is 11.4 Å². The van der Waals surface area contributed by atoms with E-state index in [2.05, 4.69) is 10.8 Å². The van der Waals surface area contributed by atoms with Crippen LogP contribution in [0.5, 0.6) is 0 Å². The quantitative estimate of drug-likeness (QED) is 0.262. The molecule has 6 nitrogen and oxygen atoms in total. The molecule has 2 heterocycles. The SMILES string of the molecule is [O-][N+]([O-])=C1NNB(O)c2sccc21. The Balaban J connectivity index is 2.53. The van der Waals surface area contributed by atoms with Crippen molar-refractivity contribution in [1.29, 1.82) is 0 Å². The number of nitrogens with zero attached hydrogens (tertiary/aromatic N) is 1. The summed E-state index contributed by atoms with van der Waals surface area (Å²) in [6, 6.07) is 1.61. The molecule has 1 aromatic rings. The summed E-state index contributed by atoms with van der Waals surface area (Å²) in [6.45, 7) is 0. The van der Waals surface area contributed by atoms with Crippen LogP contribution in [0.15, 0.2) is 11.4 Å². The van der Waals surface area contributed by atoms with Crippen LogP contribution in [0.25, 0.3) is 0 Å². The molecule has 0 saturated heterocycles. The molecule has 0 atom stereocenters. The van der Waals surface area contributed by atoms with E-state index in [9.17, 15) is 15.4 Å². The second-order valence-electron chi connectivity index (χ2n) is 2.48. The molecule has 0 bridgehead atoms. The maximum Gasteiger partial charge on any atom is 0.461 e. The van der Waals surface area contributed by atoms with Crippen LogP contribution in [0.2, 0.25) is 0 Å². The second-order valence-corrected chi connectivity index (χ2v) is 3.42. The third-order valence-electron chi connectivity index (χ3n) is 1.71. The molecule has 0 spiro atoms. The maximum atomic E-state index is 10.5. The van der Waals surface area contributed by atoms with Gasteiger partial charge in [-0.3, -0.25) is 4.90 Å². The van der Waals surface area contributed by atoms with Crippen molar-refractivity contribution < 1.29 is 9.93 Å². The summed E-state index contributed by atoms with van der Waals surface area (Å²) in [5.74, 6) is -0.124. The molecule has 0 unspecified atom stereocenters. The van der Waals surface area contributed by atoms with Crippen molar-refractivity contribution in [2.24, 2.45) is 0 Å². The highest BCUT2D eigenvalue weighted by Crippen LogP contribution is 2.06. The Morgan fingerprint density at radius 1 is 1.54 bits per heavy atom. The molecular formula is C5H5BN3O3S-. The number of hydrogen-bond donors (Lipinski definition) is 3. The Bertz CT molecular complexity index is 362. The molecule has 0 aromatic carbocycles. The summed E-state index contributed by atoms with van der Waals surface area (Å²) in [6.07, 6.45) is 0. The summed E-state index contributed by atoms with van der Waals surface area (Å²) in [4.78, 5) is -0.523. The van der Waals surface area contributed by atoms with Crippen LogP contribution < -0.4 is 15.5 Å². The van der Waals surface area contributed by atoms with Crippen molar-refractivity contribution >= 4 is 29.0 Å². The van der Waals surface area contributed by atoms with E-state index in [1.165, 1.54) is 11.3 Å². The minimum atomic E-state index is -0.876. The molecule has 1 aliphatic rings. The lowest BCUT2D eigenvalue weighted by molar-refractivity contribution is -0.381. The lowest BCUT2D eigenvalue weighted by Gasteiger charge is -2.21. The number of thiophene rings is 1. The van der Waals surface area contributed by atoms with E-state index in [4.69, 9.17) is 0 Å². The summed E-state index contributed by atoms with van der Waals surface area (Å²) in [7, 11) is -0.876. The van der Waals surface area contributed by atoms with E-state index in [1.54, 1.807) is 11.4 Å². The molecule has 1 aliphatic heterocycles. The van der Waals surface area contributed by atoms with Gasteiger partial charge in [-0.15, -0.1) is 0 Å². The highest BCUT2D eigenvalue weighted by Gasteiger charge is 2.32. The molecule has 0 saturated carbocycles. The first kappa shape index (κ1) is 8.36. The van der Waals surface area contributed by atoms with Crippen LogP contribution in [-0.4, -0.2) is 22.8 Å². The second kappa shape index (κ2) is 2.91. The van der Waals surface area contributed by atoms with Crippen LogP contribution in [0, 0.1) is 10.4 Å². The Kier molecular flexibility index (Phi) is 1.87. The van der Waals surface area contributed by atoms with Gasteiger partial charge in [-0.1, -0.05) is 0 Å². The van der Waals surface area contributed by atoms with Gasteiger partial charge in [0.15, 0.2) is 0 Å². The number of hydrazine groups is 1. The zero-order valence-corrected chi connectivity index (χ0v) is 7.17. The predicted octanol–water partition coefficient (Wildman–Crippen LogP) is -1.70. The summed E-state index contributed by atoms with van der Waals surface area (Å²) in [5.41, 5.74) is 2.78. The van der Waals surface area contributed by atoms with Gasteiger partial charge in [0, 0.05) is 4.78 Å². The van der Waals surface area contributed by atoms with E-state index in [0.29, 0.717) is 10.3 Å². The van der Waals surface area contributed by atoms with Crippen molar-refractivity contribution in [2.75, 3.05) is 0 Å². The summed E-state index contributed by atoms with van der Waals surface area (Å²) < 4.78 is 0.561. The van der Waals surface area contributed by atoms with Gasteiger partial charge in [0.1, 0.15) is 0 Å². The average molecular weight is 198 g/mol. The number of rotatable bonds is 0. The summed E-state index contributed by atoms with van der Waals surface area (Å²) in [5, 5.41) is 34.5. The van der Waals surface area contributed by atoms with Gasteiger partial charge in [0.25, 0.3) is 0 Å². The molecule has 1 aromatic heterocycles. The zero-order valence-electron chi connectivity index (χ0n) is 6.35. The maximum absolute atomic E-state index is 10.5. The Morgan fingerprint density at radius 2 is 2.31 bits per heavy atom. The van der Waals surface area contributed by atoms with Crippen LogP contribution in [0.1, 0.15) is 5.56 Å². The van der Waals surface area contributed by atoms with E-state index < -0.39 is 12.0 Å². The topological polar surface area (TPSA) is 93.4 Å². The third kappa shape index (κ3) is 1.24. The van der Waals surface area contributed by atoms with Crippen molar-refractivity contribution in [2.45, 2.75) is 0 Å². The molecule has 0 radical (unpaired) electrons. The van der Waals surface area contributed by atoms with Gasteiger partial charge in [-0.2, -0.15) is 16.7 Å². The predicted molar refractivity (Wildman–Crippen MR) is 49.3 cm³/mol. The van der Waals surface area contributed by atoms with Gasteiger partial charge < -0.3 is 15.4 Å². The van der Waals surface area contributed by atoms with Crippen LogP contribution in [0.3, 0.4) is 0 Å². The van der Waals surface area contributed by atoms with Crippen LogP contribution in [-0.2, 0) is 0 Å². The zero-order chi connectivity index (χ0) is 9.42. The molecule has 0 fully saturated rings. The number of fused-ring (bicyclic) bond motifs is 1. The van der Waals surface area contributed by atoms with Crippen molar-refractivity contribution in [3.05, 3.63) is 27.4 Å². The molecule has 2 rings (SSSR count). The highest BCUT2D eigenvalue weighted by atomic mass is 32.1. The number of nitrogens with one attached hydrogen (secondary N) is 2. The van der Waals surface area contributed by atoms with Crippen LogP contribution in [0.4, 0.5) is 0 Å². The van der Waals surface area contributed by atoms with Gasteiger partial charge in [-0.25, -0.2) is 5.43 Å². The Labute approximate surface area is 77.8 Å². The first-order valence-corrected chi connectivity index (χ1v) is 4.37. The van der Waals surface area contributed by atoms with Crippen molar-refractivity contribution in [1.82, 2.24) is 10.8 Å². The molecule has 68 valence electrons. The summed E-state index contributed by atoms with van der Waals surface area (Å²) >= 11 is 1.28. The molecule has 0 aliphatic carbocycles. The third-order valence-corrected chi connectivity index (χ3v) is 2.68.